The van der Waals surface area contributed by atoms with E-state index in [0.29, 0.717) is 11.5 Å². The van der Waals surface area contributed by atoms with Crippen LogP contribution in [0.4, 0.5) is 5.69 Å². The second-order valence-electron chi connectivity index (χ2n) is 4.48. The van der Waals surface area contributed by atoms with Crippen molar-refractivity contribution in [2.24, 2.45) is 5.14 Å². The normalized spacial score (nSPS) is 19.0. The standard InChI is InChI=1S/C12H17N3O4S2/c1-19-11-3-2-8(21(13,17)18)6-9(11)15-12(16)10-7-20-5-4-14-10/h2-3,6,10,14H,4-5,7H2,1H3,(H,15,16)(H2,13,17,18). The van der Waals surface area contributed by atoms with Gasteiger partial charge < -0.3 is 15.4 Å². The van der Waals surface area contributed by atoms with E-state index in [1.165, 1.54) is 25.3 Å². The molecule has 9 heteroatoms. The Balaban J connectivity index is 2.22. The lowest BCUT2D eigenvalue weighted by atomic mass is 10.2. The highest BCUT2D eigenvalue weighted by atomic mass is 32.2. The Kier molecular flexibility index (Phi) is 5.09. The Bertz CT molecular complexity index is 627. The molecule has 0 aromatic heterocycles. The van der Waals surface area contributed by atoms with E-state index in [-0.39, 0.29) is 22.5 Å². The van der Waals surface area contributed by atoms with Crippen LogP contribution in [0, 0.1) is 0 Å². The number of carbonyl (C=O) groups is 1. The first-order valence-electron chi connectivity index (χ1n) is 6.24. The van der Waals surface area contributed by atoms with Gasteiger partial charge in [0.05, 0.1) is 23.7 Å². The van der Waals surface area contributed by atoms with Gasteiger partial charge in [0, 0.05) is 18.1 Å². The summed E-state index contributed by atoms with van der Waals surface area (Å²) in [5, 5.41) is 10.9. The highest BCUT2D eigenvalue weighted by Gasteiger charge is 2.22. The molecule has 1 amide bonds. The topological polar surface area (TPSA) is 111 Å². The molecule has 1 aliphatic heterocycles. The minimum Gasteiger partial charge on any atom is -0.495 e. The average Bonchev–Trinajstić information content (AvgIpc) is 2.47. The summed E-state index contributed by atoms with van der Waals surface area (Å²) in [6.07, 6.45) is 0. The molecular formula is C12H17N3O4S2. The lowest BCUT2D eigenvalue weighted by Crippen LogP contribution is -2.46. The number of nitrogens with one attached hydrogen (secondary N) is 2. The number of rotatable bonds is 4. The minimum atomic E-state index is -3.84. The number of nitrogens with two attached hydrogens (primary N) is 1. The van der Waals surface area contributed by atoms with Gasteiger partial charge in [-0.15, -0.1) is 0 Å². The maximum Gasteiger partial charge on any atom is 0.242 e. The SMILES string of the molecule is COc1ccc(S(N)(=O)=O)cc1NC(=O)C1CSCCN1. The van der Waals surface area contributed by atoms with E-state index in [4.69, 9.17) is 9.88 Å². The van der Waals surface area contributed by atoms with Gasteiger partial charge in [0.2, 0.25) is 15.9 Å². The fourth-order valence-electron chi connectivity index (χ4n) is 1.92. The molecule has 2 rings (SSSR count). The van der Waals surface area contributed by atoms with Crippen LogP contribution in [-0.4, -0.2) is 45.5 Å². The van der Waals surface area contributed by atoms with Crippen LogP contribution < -0.4 is 20.5 Å². The lowest BCUT2D eigenvalue weighted by molar-refractivity contribution is -0.117. The minimum absolute atomic E-state index is 0.0791. The monoisotopic (exact) mass is 331 g/mol. The zero-order valence-electron chi connectivity index (χ0n) is 11.5. The van der Waals surface area contributed by atoms with Crippen LogP contribution in [0.2, 0.25) is 0 Å². The zero-order valence-corrected chi connectivity index (χ0v) is 13.1. The summed E-state index contributed by atoms with van der Waals surface area (Å²) in [6, 6.07) is 3.77. The molecule has 0 saturated carbocycles. The molecule has 116 valence electrons. The van der Waals surface area contributed by atoms with Crippen LogP contribution in [0.3, 0.4) is 0 Å². The number of anilines is 1. The first kappa shape index (κ1) is 16.1. The molecule has 0 bridgehead atoms. The van der Waals surface area contributed by atoms with Crippen molar-refractivity contribution in [2.75, 3.05) is 30.5 Å². The van der Waals surface area contributed by atoms with E-state index in [2.05, 4.69) is 10.6 Å². The van der Waals surface area contributed by atoms with Gasteiger partial charge in [0.1, 0.15) is 5.75 Å². The lowest BCUT2D eigenvalue weighted by Gasteiger charge is -2.22. The molecule has 0 aliphatic carbocycles. The largest absolute Gasteiger partial charge is 0.495 e. The summed E-state index contributed by atoms with van der Waals surface area (Å²) in [6.45, 7) is 0.761. The third kappa shape index (κ3) is 4.10. The van der Waals surface area contributed by atoms with Crippen LogP contribution in [0.25, 0.3) is 0 Å². The van der Waals surface area contributed by atoms with Crippen molar-refractivity contribution in [1.82, 2.24) is 5.32 Å². The van der Waals surface area contributed by atoms with Crippen molar-refractivity contribution in [3.05, 3.63) is 18.2 Å². The van der Waals surface area contributed by atoms with E-state index in [9.17, 15) is 13.2 Å². The van der Waals surface area contributed by atoms with Gasteiger partial charge in [0.25, 0.3) is 0 Å². The Hall–Kier alpha value is -1.29. The molecule has 1 atom stereocenters. The third-order valence-corrected chi connectivity index (χ3v) is 4.97. The fraction of sp³-hybridized carbons (Fsp3) is 0.417. The van der Waals surface area contributed by atoms with Crippen molar-refractivity contribution in [3.8, 4) is 5.75 Å². The van der Waals surface area contributed by atoms with Gasteiger partial charge >= 0.3 is 0 Å². The van der Waals surface area contributed by atoms with Gasteiger partial charge in [-0.1, -0.05) is 0 Å². The highest BCUT2D eigenvalue weighted by molar-refractivity contribution is 7.99. The molecule has 0 radical (unpaired) electrons. The Morgan fingerprint density at radius 2 is 2.29 bits per heavy atom. The summed E-state index contributed by atoms with van der Waals surface area (Å²) in [7, 11) is -2.40. The summed E-state index contributed by atoms with van der Waals surface area (Å²) in [5.41, 5.74) is 0.284. The number of primary sulfonamides is 1. The quantitative estimate of drug-likeness (QED) is 0.715. The van der Waals surface area contributed by atoms with Crippen molar-refractivity contribution in [3.63, 3.8) is 0 Å². The molecular weight excluding hydrogens is 314 g/mol. The summed E-state index contributed by atoms with van der Waals surface area (Å²) in [5.74, 6) is 1.78. The van der Waals surface area contributed by atoms with Crippen molar-refractivity contribution in [1.29, 1.82) is 0 Å². The summed E-state index contributed by atoms with van der Waals surface area (Å²) < 4.78 is 27.9. The molecule has 1 fully saturated rings. The van der Waals surface area contributed by atoms with Crippen molar-refractivity contribution < 1.29 is 17.9 Å². The predicted molar refractivity (Wildman–Crippen MR) is 82.1 cm³/mol. The molecule has 0 spiro atoms. The number of thioether (sulfide) groups is 1. The predicted octanol–water partition coefficient (Wildman–Crippen LogP) is -0.0139. The van der Waals surface area contributed by atoms with Gasteiger partial charge in [-0.3, -0.25) is 4.79 Å². The number of benzene rings is 1. The van der Waals surface area contributed by atoms with Gasteiger partial charge in [-0.25, -0.2) is 13.6 Å². The number of ether oxygens (including phenoxy) is 1. The molecule has 1 aliphatic rings. The Morgan fingerprint density at radius 1 is 1.52 bits per heavy atom. The van der Waals surface area contributed by atoms with E-state index in [0.717, 1.165) is 12.3 Å². The molecule has 1 aromatic carbocycles. The maximum atomic E-state index is 12.2. The highest BCUT2D eigenvalue weighted by Crippen LogP contribution is 2.27. The maximum absolute atomic E-state index is 12.2. The number of hydrogen-bond acceptors (Lipinski definition) is 6. The number of carbonyl (C=O) groups excluding carboxylic acids is 1. The summed E-state index contributed by atoms with van der Waals surface area (Å²) >= 11 is 1.69. The first-order chi connectivity index (χ1) is 9.91. The van der Waals surface area contributed by atoms with E-state index >= 15 is 0 Å². The van der Waals surface area contributed by atoms with Crippen LogP contribution >= 0.6 is 11.8 Å². The van der Waals surface area contributed by atoms with Crippen LogP contribution in [0.1, 0.15) is 0 Å². The molecule has 1 saturated heterocycles. The Morgan fingerprint density at radius 3 is 2.86 bits per heavy atom. The molecule has 4 N–H and O–H groups in total. The third-order valence-electron chi connectivity index (χ3n) is 3.00. The average molecular weight is 331 g/mol. The summed E-state index contributed by atoms with van der Waals surface area (Å²) in [4.78, 5) is 12.1. The van der Waals surface area contributed by atoms with E-state index < -0.39 is 10.0 Å². The van der Waals surface area contributed by atoms with E-state index in [1.54, 1.807) is 11.8 Å². The zero-order chi connectivity index (χ0) is 15.5. The number of sulfonamides is 1. The van der Waals surface area contributed by atoms with Crippen molar-refractivity contribution in [2.45, 2.75) is 10.9 Å². The molecule has 1 unspecified atom stereocenters. The van der Waals surface area contributed by atoms with Gasteiger partial charge in [0.15, 0.2) is 0 Å². The number of methoxy groups -OCH3 is 1. The smallest absolute Gasteiger partial charge is 0.242 e. The van der Waals surface area contributed by atoms with Crippen molar-refractivity contribution >= 4 is 33.4 Å². The Labute approximate surface area is 127 Å². The number of amides is 1. The molecule has 1 aromatic rings. The van der Waals surface area contributed by atoms with Crippen LogP contribution in [0.5, 0.6) is 5.75 Å². The van der Waals surface area contributed by atoms with Crippen LogP contribution in [0.15, 0.2) is 23.1 Å². The van der Waals surface area contributed by atoms with E-state index in [1.807, 2.05) is 0 Å². The molecule has 21 heavy (non-hydrogen) atoms. The fourth-order valence-corrected chi connectivity index (χ4v) is 3.39. The second kappa shape index (κ2) is 6.65. The molecule has 7 nitrogen and oxygen atoms in total. The first-order valence-corrected chi connectivity index (χ1v) is 8.95. The van der Waals surface area contributed by atoms with Crippen LogP contribution in [-0.2, 0) is 14.8 Å². The number of hydrogen-bond donors (Lipinski definition) is 3. The van der Waals surface area contributed by atoms with Gasteiger partial charge in [-0.2, -0.15) is 11.8 Å². The van der Waals surface area contributed by atoms with Gasteiger partial charge in [-0.05, 0) is 18.2 Å². The molecule has 1 heterocycles. The second-order valence-corrected chi connectivity index (χ2v) is 7.19.